The maximum atomic E-state index is 11.7. The van der Waals surface area contributed by atoms with Crippen LogP contribution in [0.4, 0.5) is 11.4 Å². The average Bonchev–Trinajstić information content (AvgIpc) is 2.71. The van der Waals surface area contributed by atoms with Crippen molar-refractivity contribution in [1.29, 1.82) is 0 Å². The largest absolute Gasteiger partial charge is 0.398 e. The molecule has 4 N–H and O–H groups in total. The second-order valence-corrected chi connectivity index (χ2v) is 3.03. The SMILES string of the molecule is Nc1ccccc1C(=O)Nc1cn[nH]c1. The van der Waals surface area contributed by atoms with Crippen molar-refractivity contribution in [1.82, 2.24) is 10.2 Å². The zero-order chi connectivity index (χ0) is 10.7. The Bertz CT molecular complexity index is 464. The molecule has 2 aromatic rings. The number of benzene rings is 1. The third kappa shape index (κ3) is 1.96. The van der Waals surface area contributed by atoms with E-state index in [4.69, 9.17) is 5.73 Å². The predicted molar refractivity (Wildman–Crippen MR) is 57.4 cm³/mol. The van der Waals surface area contributed by atoms with Gasteiger partial charge in [-0.05, 0) is 12.1 Å². The molecular formula is C10H10N4O. The van der Waals surface area contributed by atoms with E-state index in [9.17, 15) is 4.79 Å². The van der Waals surface area contributed by atoms with Crippen molar-refractivity contribution in [3.63, 3.8) is 0 Å². The standard InChI is InChI=1S/C10H10N4O/c11-9-4-2-1-3-8(9)10(15)14-7-5-12-13-6-7/h1-6H,11H2,(H,12,13)(H,14,15). The Morgan fingerprint density at radius 2 is 2.20 bits per heavy atom. The Labute approximate surface area is 86.3 Å². The molecule has 1 heterocycles. The van der Waals surface area contributed by atoms with E-state index < -0.39 is 0 Å². The number of rotatable bonds is 2. The maximum absolute atomic E-state index is 11.7. The van der Waals surface area contributed by atoms with Crippen LogP contribution in [0.15, 0.2) is 36.7 Å². The molecule has 0 aliphatic heterocycles. The van der Waals surface area contributed by atoms with Crippen LogP contribution in [0.3, 0.4) is 0 Å². The van der Waals surface area contributed by atoms with Gasteiger partial charge in [-0.15, -0.1) is 0 Å². The Morgan fingerprint density at radius 3 is 2.87 bits per heavy atom. The lowest BCUT2D eigenvalue weighted by Gasteiger charge is -2.04. The monoisotopic (exact) mass is 202 g/mol. The second kappa shape index (κ2) is 3.83. The van der Waals surface area contributed by atoms with E-state index in [2.05, 4.69) is 15.5 Å². The zero-order valence-corrected chi connectivity index (χ0v) is 7.90. The fourth-order valence-corrected chi connectivity index (χ4v) is 1.22. The van der Waals surface area contributed by atoms with Gasteiger partial charge in [0.25, 0.3) is 5.91 Å². The van der Waals surface area contributed by atoms with Gasteiger partial charge < -0.3 is 11.1 Å². The van der Waals surface area contributed by atoms with Crippen LogP contribution < -0.4 is 11.1 Å². The van der Waals surface area contributed by atoms with Gasteiger partial charge >= 0.3 is 0 Å². The number of para-hydroxylation sites is 1. The Morgan fingerprint density at radius 1 is 1.40 bits per heavy atom. The van der Waals surface area contributed by atoms with Crippen molar-refractivity contribution in [2.75, 3.05) is 11.1 Å². The van der Waals surface area contributed by atoms with Crippen LogP contribution in [0.5, 0.6) is 0 Å². The van der Waals surface area contributed by atoms with Crippen LogP contribution in [0.25, 0.3) is 0 Å². The number of nitrogens with one attached hydrogen (secondary N) is 2. The summed E-state index contributed by atoms with van der Waals surface area (Å²) in [5.74, 6) is -0.241. The van der Waals surface area contributed by atoms with Crippen LogP contribution in [0, 0.1) is 0 Å². The molecule has 0 saturated carbocycles. The number of anilines is 2. The van der Waals surface area contributed by atoms with E-state index in [1.807, 2.05) is 0 Å². The number of nitrogen functional groups attached to an aromatic ring is 1. The fraction of sp³-hybridized carbons (Fsp3) is 0. The van der Waals surface area contributed by atoms with Gasteiger partial charge in [-0.2, -0.15) is 5.10 Å². The summed E-state index contributed by atoms with van der Waals surface area (Å²) in [6.45, 7) is 0. The summed E-state index contributed by atoms with van der Waals surface area (Å²) < 4.78 is 0. The van der Waals surface area contributed by atoms with Crippen LogP contribution in [0.1, 0.15) is 10.4 Å². The number of carbonyl (C=O) groups is 1. The number of amides is 1. The number of aromatic amines is 1. The van der Waals surface area contributed by atoms with Crippen molar-refractivity contribution in [3.05, 3.63) is 42.2 Å². The molecule has 0 atom stereocenters. The molecule has 2 rings (SSSR count). The van der Waals surface area contributed by atoms with Gasteiger partial charge in [0.05, 0.1) is 17.4 Å². The number of H-pyrrole nitrogens is 1. The van der Waals surface area contributed by atoms with Gasteiger partial charge in [0.2, 0.25) is 0 Å². The molecule has 0 radical (unpaired) electrons. The highest BCUT2D eigenvalue weighted by Gasteiger charge is 2.08. The molecule has 0 spiro atoms. The summed E-state index contributed by atoms with van der Waals surface area (Å²) in [5, 5.41) is 8.99. The van der Waals surface area contributed by atoms with Crippen LogP contribution in [-0.4, -0.2) is 16.1 Å². The molecule has 1 aromatic heterocycles. The highest BCUT2D eigenvalue weighted by molar-refractivity contribution is 6.07. The van der Waals surface area contributed by atoms with Gasteiger partial charge in [-0.3, -0.25) is 9.89 Å². The summed E-state index contributed by atoms with van der Waals surface area (Å²) in [7, 11) is 0. The summed E-state index contributed by atoms with van der Waals surface area (Å²) in [6.07, 6.45) is 3.12. The number of aromatic nitrogens is 2. The maximum Gasteiger partial charge on any atom is 0.257 e. The topological polar surface area (TPSA) is 83.8 Å². The summed E-state index contributed by atoms with van der Waals surface area (Å²) in [5.41, 5.74) is 7.19. The highest BCUT2D eigenvalue weighted by Crippen LogP contribution is 2.12. The normalized spacial score (nSPS) is 9.87. The van der Waals surface area contributed by atoms with Gasteiger partial charge in [0, 0.05) is 11.9 Å². The number of carbonyl (C=O) groups excluding carboxylic acids is 1. The number of hydrogen-bond acceptors (Lipinski definition) is 3. The van der Waals surface area contributed by atoms with E-state index in [1.54, 1.807) is 30.5 Å². The van der Waals surface area contributed by atoms with E-state index in [0.717, 1.165) is 0 Å². The molecule has 1 aromatic carbocycles. The first-order chi connectivity index (χ1) is 7.27. The van der Waals surface area contributed by atoms with Crippen molar-refractivity contribution < 1.29 is 4.79 Å². The molecule has 15 heavy (non-hydrogen) atoms. The molecule has 5 nitrogen and oxygen atoms in total. The Balaban J connectivity index is 2.19. The molecule has 76 valence electrons. The second-order valence-electron chi connectivity index (χ2n) is 3.03. The minimum Gasteiger partial charge on any atom is -0.398 e. The molecule has 0 unspecified atom stereocenters. The molecule has 0 fully saturated rings. The van der Waals surface area contributed by atoms with E-state index in [-0.39, 0.29) is 5.91 Å². The van der Waals surface area contributed by atoms with Gasteiger partial charge in [0.15, 0.2) is 0 Å². The number of nitrogens with zero attached hydrogens (tertiary/aromatic N) is 1. The minimum atomic E-state index is -0.241. The fourth-order valence-electron chi connectivity index (χ4n) is 1.22. The lowest BCUT2D eigenvalue weighted by molar-refractivity contribution is 0.102. The molecule has 0 aliphatic carbocycles. The lowest BCUT2D eigenvalue weighted by atomic mass is 10.1. The van der Waals surface area contributed by atoms with Crippen molar-refractivity contribution in [2.45, 2.75) is 0 Å². The first kappa shape index (κ1) is 9.26. The van der Waals surface area contributed by atoms with E-state index in [0.29, 0.717) is 16.9 Å². The first-order valence-corrected chi connectivity index (χ1v) is 4.42. The zero-order valence-electron chi connectivity index (χ0n) is 7.90. The molecule has 0 aliphatic rings. The molecular weight excluding hydrogens is 192 g/mol. The first-order valence-electron chi connectivity index (χ1n) is 4.42. The highest BCUT2D eigenvalue weighted by atomic mass is 16.1. The Hall–Kier alpha value is -2.30. The third-order valence-electron chi connectivity index (χ3n) is 1.96. The van der Waals surface area contributed by atoms with Crippen molar-refractivity contribution >= 4 is 17.3 Å². The van der Waals surface area contributed by atoms with E-state index in [1.165, 1.54) is 6.20 Å². The minimum absolute atomic E-state index is 0.241. The quantitative estimate of drug-likeness (QED) is 0.640. The predicted octanol–water partition coefficient (Wildman–Crippen LogP) is 1.24. The van der Waals surface area contributed by atoms with Crippen molar-refractivity contribution in [3.8, 4) is 0 Å². The summed E-state index contributed by atoms with van der Waals surface area (Å²) >= 11 is 0. The molecule has 0 saturated heterocycles. The average molecular weight is 202 g/mol. The van der Waals surface area contributed by atoms with Gasteiger partial charge in [-0.1, -0.05) is 12.1 Å². The third-order valence-corrected chi connectivity index (χ3v) is 1.96. The van der Waals surface area contributed by atoms with Crippen LogP contribution in [0.2, 0.25) is 0 Å². The summed E-state index contributed by atoms with van der Waals surface area (Å²) in [6, 6.07) is 6.90. The number of nitrogens with two attached hydrogens (primary N) is 1. The van der Waals surface area contributed by atoms with Gasteiger partial charge in [-0.25, -0.2) is 0 Å². The molecule has 1 amide bonds. The van der Waals surface area contributed by atoms with E-state index >= 15 is 0 Å². The molecule has 5 heteroatoms. The smallest absolute Gasteiger partial charge is 0.257 e. The lowest BCUT2D eigenvalue weighted by Crippen LogP contribution is -2.13. The van der Waals surface area contributed by atoms with Crippen LogP contribution in [-0.2, 0) is 0 Å². The molecule has 0 bridgehead atoms. The van der Waals surface area contributed by atoms with Gasteiger partial charge in [0.1, 0.15) is 0 Å². The van der Waals surface area contributed by atoms with Crippen molar-refractivity contribution in [2.24, 2.45) is 0 Å². The van der Waals surface area contributed by atoms with Crippen LogP contribution >= 0.6 is 0 Å². The summed E-state index contributed by atoms with van der Waals surface area (Å²) in [4.78, 5) is 11.7. The number of hydrogen-bond donors (Lipinski definition) is 3. The Kier molecular flexibility index (Phi) is 2.37.